The van der Waals surface area contributed by atoms with E-state index < -0.39 is 41.7 Å². The Morgan fingerprint density at radius 1 is 1.00 bits per heavy atom. The number of fused-ring (bicyclic) bond motifs is 2. The van der Waals surface area contributed by atoms with Crippen molar-refractivity contribution in [3.8, 4) is 0 Å². The number of nitrogens with one attached hydrogen (secondary N) is 1. The molecule has 1 unspecified atom stereocenters. The zero-order valence-corrected chi connectivity index (χ0v) is 21.5. The molecule has 0 amide bonds. The Morgan fingerprint density at radius 2 is 1.67 bits per heavy atom. The van der Waals surface area contributed by atoms with Crippen LogP contribution in [-0.2, 0) is 38.7 Å². The van der Waals surface area contributed by atoms with Crippen LogP contribution in [0.4, 0.5) is 26.3 Å². The van der Waals surface area contributed by atoms with Gasteiger partial charge in [0.1, 0.15) is 0 Å². The summed E-state index contributed by atoms with van der Waals surface area (Å²) >= 11 is 0. The molecule has 2 saturated heterocycles. The molecule has 2 aliphatic rings. The second kappa shape index (κ2) is 12.1. The first-order valence-electron chi connectivity index (χ1n) is 12.9. The Labute approximate surface area is 223 Å². The molecule has 2 heterocycles. The number of hydrogen-bond acceptors (Lipinski definition) is 5. The predicted molar refractivity (Wildman–Crippen MR) is 131 cm³/mol. The van der Waals surface area contributed by atoms with Gasteiger partial charge in [0.2, 0.25) is 0 Å². The van der Waals surface area contributed by atoms with Crippen LogP contribution in [0.1, 0.15) is 47.9 Å². The number of hydrogen-bond donors (Lipinski definition) is 2. The molecule has 5 nitrogen and oxygen atoms in total. The van der Waals surface area contributed by atoms with E-state index >= 15 is 0 Å². The van der Waals surface area contributed by atoms with E-state index in [9.17, 15) is 26.3 Å². The first-order chi connectivity index (χ1) is 18.5. The molecule has 2 aromatic rings. The smallest absolute Gasteiger partial charge is 0.396 e. The van der Waals surface area contributed by atoms with E-state index in [2.05, 4.69) is 5.32 Å². The highest BCUT2D eigenvalue weighted by atomic mass is 19.4. The van der Waals surface area contributed by atoms with Gasteiger partial charge in [-0.25, -0.2) is 0 Å². The first kappa shape index (κ1) is 29.8. The Kier molecular flexibility index (Phi) is 9.27. The fourth-order valence-electron chi connectivity index (χ4n) is 5.87. The van der Waals surface area contributed by atoms with Crippen molar-refractivity contribution in [3.63, 3.8) is 0 Å². The summed E-state index contributed by atoms with van der Waals surface area (Å²) in [6.07, 6.45) is -8.24. The van der Waals surface area contributed by atoms with Gasteiger partial charge in [-0.3, -0.25) is 0 Å². The number of halogens is 6. The maximum Gasteiger partial charge on any atom is 0.416 e. The van der Waals surface area contributed by atoms with Gasteiger partial charge in [-0.1, -0.05) is 30.3 Å². The van der Waals surface area contributed by atoms with E-state index in [-0.39, 0.29) is 36.3 Å². The largest absolute Gasteiger partial charge is 0.416 e. The maximum absolute atomic E-state index is 13.4. The lowest BCUT2D eigenvalue weighted by Crippen LogP contribution is -2.54. The number of aliphatic hydroxyl groups is 1. The minimum atomic E-state index is -4.92. The molecule has 0 saturated carbocycles. The van der Waals surface area contributed by atoms with Gasteiger partial charge in [0, 0.05) is 32.3 Å². The molecule has 4 rings (SSSR count). The summed E-state index contributed by atoms with van der Waals surface area (Å²) in [6.45, 7) is 0.354. The zero-order valence-electron chi connectivity index (χ0n) is 21.5. The predicted octanol–water partition coefficient (Wildman–Crippen LogP) is 5.69. The number of piperidine rings is 1. The summed E-state index contributed by atoms with van der Waals surface area (Å²) in [5.74, 6) is 0.0309. The molecule has 0 aromatic heterocycles. The van der Waals surface area contributed by atoms with Crippen molar-refractivity contribution < 1.29 is 45.7 Å². The van der Waals surface area contributed by atoms with Gasteiger partial charge >= 0.3 is 12.4 Å². The highest BCUT2D eigenvalue weighted by Gasteiger charge is 2.56. The highest BCUT2D eigenvalue weighted by molar-refractivity contribution is 5.34. The summed E-state index contributed by atoms with van der Waals surface area (Å²) in [7, 11) is 1.61. The summed E-state index contributed by atoms with van der Waals surface area (Å²) < 4.78 is 97.9. The minimum absolute atomic E-state index is 0.0255. The molecular formula is C28H33F6NO4. The average molecular weight is 562 g/mol. The molecule has 2 aromatic carbocycles. The maximum atomic E-state index is 13.4. The molecule has 216 valence electrons. The quantitative estimate of drug-likeness (QED) is 0.273. The SMILES string of the molecule is COC(COCCCO)[C@@H]1C[C@]2(c3ccccc3)N[C@H]1CC[C@H]2OCc1cc(C(F)(F)F)cc(C(F)(F)F)c1. The van der Waals surface area contributed by atoms with Crippen LogP contribution in [0.3, 0.4) is 0 Å². The van der Waals surface area contributed by atoms with Crippen molar-refractivity contribution in [3.05, 3.63) is 70.8 Å². The van der Waals surface area contributed by atoms with Crippen molar-refractivity contribution in [2.24, 2.45) is 5.92 Å². The van der Waals surface area contributed by atoms with Crippen LogP contribution in [0.25, 0.3) is 0 Å². The second-order valence-corrected chi connectivity index (χ2v) is 10.2. The van der Waals surface area contributed by atoms with Gasteiger partial charge in [-0.15, -0.1) is 0 Å². The third kappa shape index (κ3) is 6.77. The molecule has 2 N–H and O–H groups in total. The molecule has 39 heavy (non-hydrogen) atoms. The summed E-state index contributed by atoms with van der Waals surface area (Å²) in [6, 6.07) is 11.1. The third-order valence-electron chi connectivity index (χ3n) is 7.70. The van der Waals surface area contributed by atoms with E-state index in [0.29, 0.717) is 51.0 Å². The summed E-state index contributed by atoms with van der Waals surface area (Å²) in [4.78, 5) is 0. The Hall–Kier alpha value is -2.18. The van der Waals surface area contributed by atoms with E-state index in [4.69, 9.17) is 19.3 Å². The van der Waals surface area contributed by atoms with Crippen molar-refractivity contribution in [1.29, 1.82) is 0 Å². The molecule has 2 aliphatic heterocycles. The third-order valence-corrected chi connectivity index (χ3v) is 7.70. The van der Waals surface area contributed by atoms with Gasteiger partial charge in [0.15, 0.2) is 0 Å². The molecule has 0 spiro atoms. The summed E-state index contributed by atoms with van der Waals surface area (Å²) in [5.41, 5.74) is -2.69. The number of alkyl halides is 6. The molecule has 11 heteroatoms. The van der Waals surface area contributed by atoms with Crippen LogP contribution in [0.2, 0.25) is 0 Å². The monoisotopic (exact) mass is 561 g/mol. The average Bonchev–Trinajstić information content (AvgIpc) is 3.21. The lowest BCUT2D eigenvalue weighted by Gasteiger charge is -2.42. The minimum Gasteiger partial charge on any atom is -0.396 e. The van der Waals surface area contributed by atoms with E-state index in [1.54, 1.807) is 7.11 Å². The standard InChI is InChI=1S/C28H33F6NO4/c1-37-24(17-38-11-5-10-36)22-15-26(19-6-3-2-4-7-19)25(9-8-23(22)35-26)39-16-18-12-20(27(29,30)31)14-21(13-18)28(32,33)34/h2-4,6-7,12-14,22-25,35-36H,5,8-11,15-17H2,1H3/t22-,23+,24?,25-,26-/m1/s1. The van der Waals surface area contributed by atoms with Crippen molar-refractivity contribution in [2.75, 3.05) is 26.9 Å². The topological polar surface area (TPSA) is 60.0 Å². The number of ether oxygens (including phenoxy) is 3. The van der Waals surface area contributed by atoms with Crippen LogP contribution in [-0.4, -0.2) is 50.3 Å². The molecular weight excluding hydrogens is 528 g/mol. The highest BCUT2D eigenvalue weighted by Crippen LogP contribution is 2.49. The van der Waals surface area contributed by atoms with Gasteiger partial charge in [-0.2, -0.15) is 26.3 Å². The number of methoxy groups -OCH3 is 1. The van der Waals surface area contributed by atoms with Crippen molar-refractivity contribution >= 4 is 0 Å². The molecule has 5 atom stereocenters. The van der Waals surface area contributed by atoms with Crippen molar-refractivity contribution in [1.82, 2.24) is 5.32 Å². The van der Waals surface area contributed by atoms with Crippen LogP contribution < -0.4 is 5.32 Å². The molecule has 0 radical (unpaired) electrons. The Morgan fingerprint density at radius 3 is 2.26 bits per heavy atom. The van der Waals surface area contributed by atoms with E-state index in [0.717, 1.165) is 5.56 Å². The molecule has 0 aliphatic carbocycles. The second-order valence-electron chi connectivity index (χ2n) is 10.2. The number of rotatable bonds is 11. The molecule has 2 fully saturated rings. The van der Waals surface area contributed by atoms with Crippen molar-refractivity contribution in [2.45, 2.75) is 68.4 Å². The lowest BCUT2D eigenvalue weighted by atomic mass is 9.79. The van der Waals surface area contributed by atoms with E-state index in [1.165, 1.54) is 0 Å². The van der Waals surface area contributed by atoms with Crippen LogP contribution in [0.15, 0.2) is 48.5 Å². The van der Waals surface area contributed by atoms with E-state index in [1.807, 2.05) is 30.3 Å². The lowest BCUT2D eigenvalue weighted by molar-refractivity contribution is -0.143. The Balaban J connectivity index is 1.59. The zero-order chi connectivity index (χ0) is 28.3. The van der Waals surface area contributed by atoms with Crippen LogP contribution in [0.5, 0.6) is 0 Å². The van der Waals surface area contributed by atoms with Gasteiger partial charge in [0.05, 0.1) is 42.1 Å². The van der Waals surface area contributed by atoms with Crippen LogP contribution >= 0.6 is 0 Å². The summed E-state index contributed by atoms with van der Waals surface area (Å²) in [5, 5.41) is 12.7. The normalized spacial score (nSPS) is 26.1. The Bertz CT molecular complexity index is 1050. The number of aliphatic hydroxyl groups excluding tert-OH is 1. The first-order valence-corrected chi connectivity index (χ1v) is 12.9. The molecule has 2 bridgehead atoms. The van der Waals surface area contributed by atoms with Gasteiger partial charge in [-0.05, 0) is 55.0 Å². The fraction of sp³-hybridized carbons (Fsp3) is 0.571. The number of benzene rings is 2. The van der Waals surface area contributed by atoms with Crippen LogP contribution in [0, 0.1) is 5.92 Å². The van der Waals surface area contributed by atoms with Gasteiger partial charge in [0.25, 0.3) is 0 Å². The fourth-order valence-corrected chi connectivity index (χ4v) is 5.87. The van der Waals surface area contributed by atoms with Gasteiger partial charge < -0.3 is 24.6 Å².